The van der Waals surface area contributed by atoms with E-state index in [0.717, 1.165) is 18.2 Å². The van der Waals surface area contributed by atoms with E-state index in [2.05, 4.69) is 4.90 Å². The maximum atomic E-state index is 13.4. The molecule has 0 atom stereocenters. The Labute approximate surface area is 191 Å². The van der Waals surface area contributed by atoms with Crippen molar-refractivity contribution in [1.29, 1.82) is 0 Å². The van der Waals surface area contributed by atoms with Gasteiger partial charge in [0.1, 0.15) is 0 Å². The Morgan fingerprint density at radius 3 is 2.32 bits per heavy atom. The predicted molar refractivity (Wildman–Crippen MR) is 116 cm³/mol. The number of hydrogen-bond donors (Lipinski definition) is 0. The SMILES string of the molecule is Cl.[2H]C([2H])([2H])N1CCN(CCCN2c3ccccc3S(=O)(=O)c3ccc(C(F)(F)F)cc32)CC1. The first-order chi connectivity index (χ1) is 15.4. The second-order valence-electron chi connectivity index (χ2n) is 7.49. The first kappa shape index (κ1) is 19.8. The van der Waals surface area contributed by atoms with E-state index >= 15 is 0 Å². The highest BCUT2D eigenvalue weighted by molar-refractivity contribution is 7.92. The van der Waals surface area contributed by atoms with E-state index in [1.54, 1.807) is 23.1 Å². The van der Waals surface area contributed by atoms with Crippen LogP contribution in [0.4, 0.5) is 24.5 Å². The van der Waals surface area contributed by atoms with Crippen LogP contribution in [0.15, 0.2) is 52.3 Å². The fourth-order valence-corrected chi connectivity index (χ4v) is 5.59. The fraction of sp³-hybridized carbons (Fsp3) is 0.429. The van der Waals surface area contributed by atoms with Gasteiger partial charge in [0.25, 0.3) is 0 Å². The third kappa shape index (κ3) is 4.69. The van der Waals surface area contributed by atoms with Crippen molar-refractivity contribution < 1.29 is 25.7 Å². The lowest BCUT2D eigenvalue weighted by Crippen LogP contribution is -2.45. The molecule has 4 rings (SSSR count). The second kappa shape index (κ2) is 8.97. The van der Waals surface area contributed by atoms with Crippen LogP contribution >= 0.6 is 12.4 Å². The molecule has 1 saturated heterocycles. The number of para-hydroxylation sites is 1. The zero-order valence-corrected chi connectivity index (χ0v) is 18.2. The van der Waals surface area contributed by atoms with Crippen LogP contribution in [0.25, 0.3) is 0 Å². The lowest BCUT2D eigenvalue weighted by atomic mass is 10.1. The van der Waals surface area contributed by atoms with E-state index in [-0.39, 0.29) is 27.9 Å². The Bertz CT molecular complexity index is 1140. The van der Waals surface area contributed by atoms with Crippen LogP contribution in [0.2, 0.25) is 0 Å². The standard InChI is InChI=1S/C21H24F3N3O2S.ClH/c1-25-11-13-26(14-12-25)9-4-10-27-17-5-2-3-6-19(17)30(28,29)20-8-7-16(15-18(20)27)21(22,23)24;/h2-3,5-8,15H,4,9-14H2,1H3;1H/i1D3;. The third-order valence-corrected chi connectivity index (χ3v) is 7.39. The van der Waals surface area contributed by atoms with Crippen LogP contribution in [-0.2, 0) is 16.0 Å². The van der Waals surface area contributed by atoms with Gasteiger partial charge in [0.05, 0.1) is 26.7 Å². The molecule has 5 nitrogen and oxygen atoms in total. The van der Waals surface area contributed by atoms with Crippen LogP contribution in [0.5, 0.6) is 0 Å². The number of piperazine rings is 1. The minimum atomic E-state index is -4.59. The number of sulfone groups is 1. The first-order valence-electron chi connectivity index (χ1n) is 11.2. The number of alkyl halides is 3. The molecule has 1 fully saturated rings. The maximum absolute atomic E-state index is 13.4. The average molecular weight is 479 g/mol. The van der Waals surface area contributed by atoms with Crippen molar-refractivity contribution in [3.8, 4) is 0 Å². The summed E-state index contributed by atoms with van der Waals surface area (Å²) in [5, 5.41) is 0. The van der Waals surface area contributed by atoms with Crippen molar-refractivity contribution in [3.63, 3.8) is 0 Å². The molecule has 0 spiro atoms. The van der Waals surface area contributed by atoms with Gasteiger partial charge in [-0.3, -0.25) is 0 Å². The normalized spacial score (nSPS) is 20.6. The summed E-state index contributed by atoms with van der Waals surface area (Å²) in [6.45, 7) is 0.818. The number of halogens is 4. The zero-order valence-electron chi connectivity index (χ0n) is 19.6. The van der Waals surface area contributed by atoms with Crippen LogP contribution in [0.3, 0.4) is 0 Å². The number of anilines is 2. The molecular weight excluding hydrogens is 451 g/mol. The summed E-state index contributed by atoms with van der Waals surface area (Å²) in [5.41, 5.74) is -0.520. The summed E-state index contributed by atoms with van der Waals surface area (Å²) < 4.78 is 88.7. The molecule has 10 heteroatoms. The summed E-state index contributed by atoms with van der Waals surface area (Å²) in [4.78, 5) is 5.13. The van der Waals surface area contributed by atoms with Crippen molar-refractivity contribution in [2.24, 2.45) is 0 Å². The van der Waals surface area contributed by atoms with Gasteiger partial charge in [-0.25, -0.2) is 8.42 Å². The van der Waals surface area contributed by atoms with Gasteiger partial charge in [-0.15, -0.1) is 12.4 Å². The van der Waals surface area contributed by atoms with Gasteiger partial charge in [-0.1, -0.05) is 12.1 Å². The quantitative estimate of drug-likeness (QED) is 0.663. The molecule has 0 bridgehead atoms. The Kier molecular flexibility index (Phi) is 5.74. The summed E-state index contributed by atoms with van der Waals surface area (Å²) in [5.74, 6) is 0. The molecule has 2 aliphatic rings. The van der Waals surface area contributed by atoms with E-state index in [9.17, 15) is 21.6 Å². The smallest absolute Gasteiger partial charge is 0.339 e. The minimum absolute atomic E-state index is 0. The van der Waals surface area contributed by atoms with Gasteiger partial charge in [-0.2, -0.15) is 13.2 Å². The van der Waals surface area contributed by atoms with Crippen LogP contribution in [0, 0.1) is 0 Å². The molecule has 0 unspecified atom stereocenters. The molecule has 2 aromatic rings. The summed E-state index contributed by atoms with van der Waals surface area (Å²) in [7, 11) is -3.94. The van der Waals surface area contributed by atoms with Crippen molar-refractivity contribution in [3.05, 3.63) is 48.0 Å². The number of likely N-dealkylation sites (N-methyl/N-ethyl adjacent to an activating group) is 1. The number of benzene rings is 2. The van der Waals surface area contributed by atoms with Crippen molar-refractivity contribution in [1.82, 2.24) is 9.80 Å². The van der Waals surface area contributed by atoms with Crippen molar-refractivity contribution >= 4 is 33.6 Å². The molecule has 31 heavy (non-hydrogen) atoms. The van der Waals surface area contributed by atoms with Gasteiger partial charge in [0, 0.05) is 36.8 Å². The van der Waals surface area contributed by atoms with Crippen LogP contribution < -0.4 is 4.90 Å². The molecule has 2 aromatic carbocycles. The Morgan fingerprint density at radius 1 is 0.968 bits per heavy atom. The van der Waals surface area contributed by atoms with Crippen molar-refractivity contribution in [2.45, 2.75) is 22.4 Å². The van der Waals surface area contributed by atoms with Crippen LogP contribution in [0.1, 0.15) is 16.1 Å². The number of rotatable bonds is 4. The summed E-state index contributed by atoms with van der Waals surface area (Å²) >= 11 is 0. The van der Waals surface area contributed by atoms with Gasteiger partial charge < -0.3 is 14.7 Å². The van der Waals surface area contributed by atoms with E-state index in [1.807, 2.05) is 0 Å². The van der Waals surface area contributed by atoms with E-state index < -0.39 is 28.6 Å². The lowest BCUT2D eigenvalue weighted by molar-refractivity contribution is -0.137. The highest BCUT2D eigenvalue weighted by Crippen LogP contribution is 2.46. The highest BCUT2D eigenvalue weighted by Gasteiger charge is 2.37. The molecular formula is C21H25ClF3N3O2S. The second-order valence-corrected chi connectivity index (χ2v) is 9.37. The molecule has 0 aromatic heterocycles. The molecule has 0 N–H and O–H groups in total. The zero-order chi connectivity index (χ0) is 24.0. The van der Waals surface area contributed by atoms with E-state index in [1.165, 1.54) is 11.0 Å². The van der Waals surface area contributed by atoms with E-state index in [4.69, 9.17) is 4.11 Å². The molecule has 2 aliphatic heterocycles. The lowest BCUT2D eigenvalue weighted by Gasteiger charge is -2.35. The number of nitrogens with zero attached hydrogens (tertiary/aromatic N) is 3. The van der Waals surface area contributed by atoms with Gasteiger partial charge in [-0.05, 0) is 50.3 Å². The molecule has 0 aliphatic carbocycles. The number of fused-ring (bicyclic) bond motifs is 2. The third-order valence-electron chi connectivity index (χ3n) is 5.54. The largest absolute Gasteiger partial charge is 0.416 e. The summed E-state index contributed by atoms with van der Waals surface area (Å²) in [6.07, 6.45) is -4.03. The molecule has 2 heterocycles. The minimum Gasteiger partial charge on any atom is -0.339 e. The van der Waals surface area contributed by atoms with Crippen molar-refractivity contribution in [2.75, 3.05) is 51.1 Å². The Morgan fingerprint density at radius 2 is 1.65 bits per heavy atom. The topological polar surface area (TPSA) is 43.9 Å². The molecule has 0 saturated carbocycles. The average Bonchev–Trinajstić information content (AvgIpc) is 2.75. The molecule has 0 amide bonds. The number of hydrogen-bond acceptors (Lipinski definition) is 5. The van der Waals surface area contributed by atoms with Gasteiger partial charge in [0.15, 0.2) is 0 Å². The Hall–Kier alpha value is -1.81. The van der Waals surface area contributed by atoms with Gasteiger partial charge in [0.2, 0.25) is 9.84 Å². The molecule has 0 radical (unpaired) electrons. The monoisotopic (exact) mass is 478 g/mol. The summed E-state index contributed by atoms with van der Waals surface area (Å²) in [6, 6.07) is 9.05. The molecule has 170 valence electrons. The Balaban J connectivity index is 0.00000324. The maximum Gasteiger partial charge on any atom is 0.416 e. The first-order valence-corrected chi connectivity index (χ1v) is 11.2. The fourth-order valence-electron chi connectivity index (χ4n) is 3.95. The van der Waals surface area contributed by atoms with Gasteiger partial charge >= 0.3 is 6.18 Å². The highest BCUT2D eigenvalue weighted by atomic mass is 35.5. The predicted octanol–water partition coefficient (Wildman–Crippen LogP) is 4.05. The van der Waals surface area contributed by atoms with Crippen LogP contribution in [-0.4, -0.2) is 64.5 Å². The van der Waals surface area contributed by atoms with E-state index in [0.29, 0.717) is 51.4 Å².